The molecule has 0 spiro atoms. The summed E-state index contributed by atoms with van der Waals surface area (Å²) in [5, 5.41) is 12.0. The zero-order valence-electron chi connectivity index (χ0n) is 9.64. The van der Waals surface area contributed by atoms with Gasteiger partial charge in [-0.15, -0.1) is 0 Å². The number of aryl methyl sites for hydroxylation is 1. The van der Waals surface area contributed by atoms with E-state index in [9.17, 15) is 0 Å². The van der Waals surface area contributed by atoms with Crippen molar-refractivity contribution in [2.45, 2.75) is 13.3 Å². The predicted molar refractivity (Wildman–Crippen MR) is 68.1 cm³/mol. The summed E-state index contributed by atoms with van der Waals surface area (Å²) < 4.78 is 0. The number of pyridine rings is 1. The van der Waals surface area contributed by atoms with Gasteiger partial charge in [0.1, 0.15) is 11.8 Å². The van der Waals surface area contributed by atoms with Crippen molar-refractivity contribution in [3.05, 3.63) is 53.9 Å². The van der Waals surface area contributed by atoms with Gasteiger partial charge < -0.3 is 5.32 Å². The molecule has 0 aliphatic rings. The molecule has 0 saturated heterocycles. The zero-order valence-corrected chi connectivity index (χ0v) is 9.64. The lowest BCUT2D eigenvalue weighted by Crippen LogP contribution is -1.95. The van der Waals surface area contributed by atoms with Crippen LogP contribution in [0.2, 0.25) is 0 Å². The van der Waals surface area contributed by atoms with E-state index in [2.05, 4.69) is 23.3 Å². The Hall–Kier alpha value is -2.34. The van der Waals surface area contributed by atoms with Gasteiger partial charge in [-0.05, 0) is 30.2 Å². The molecule has 3 nitrogen and oxygen atoms in total. The summed E-state index contributed by atoms with van der Waals surface area (Å²) in [6, 6.07) is 13.7. The quantitative estimate of drug-likeness (QED) is 0.868. The van der Waals surface area contributed by atoms with E-state index in [1.807, 2.05) is 30.3 Å². The van der Waals surface area contributed by atoms with Crippen molar-refractivity contribution >= 4 is 11.4 Å². The van der Waals surface area contributed by atoms with Gasteiger partial charge in [0, 0.05) is 5.69 Å². The number of aromatic nitrogens is 1. The van der Waals surface area contributed by atoms with Crippen LogP contribution in [0.3, 0.4) is 0 Å². The zero-order chi connectivity index (χ0) is 12.1. The lowest BCUT2D eigenvalue weighted by atomic mass is 10.1. The summed E-state index contributed by atoms with van der Waals surface area (Å²) in [5.41, 5.74) is 3.67. The molecule has 1 N–H and O–H groups in total. The van der Waals surface area contributed by atoms with Crippen LogP contribution in [0.25, 0.3) is 0 Å². The first kappa shape index (κ1) is 11.2. The van der Waals surface area contributed by atoms with Gasteiger partial charge in [0.25, 0.3) is 0 Å². The highest BCUT2D eigenvalue weighted by Crippen LogP contribution is 2.20. The van der Waals surface area contributed by atoms with Crippen molar-refractivity contribution in [3.63, 3.8) is 0 Å². The molecule has 1 aromatic carbocycles. The van der Waals surface area contributed by atoms with E-state index in [1.165, 1.54) is 5.56 Å². The number of hydrogen-bond acceptors (Lipinski definition) is 3. The fraction of sp³-hybridized carbons (Fsp3) is 0.143. The highest BCUT2D eigenvalue weighted by Gasteiger charge is 2.00. The highest BCUT2D eigenvalue weighted by molar-refractivity contribution is 5.62. The number of rotatable bonds is 3. The van der Waals surface area contributed by atoms with Gasteiger partial charge in [-0.3, -0.25) is 0 Å². The average Bonchev–Trinajstić information content (AvgIpc) is 2.40. The minimum atomic E-state index is 0.430. The molecule has 2 rings (SSSR count). The molecule has 17 heavy (non-hydrogen) atoms. The molecule has 3 heteroatoms. The SMILES string of the molecule is CCc1ccccc1Nc1ccc(C#N)nc1. The second-order valence-corrected chi connectivity index (χ2v) is 3.68. The van der Waals surface area contributed by atoms with Gasteiger partial charge in [-0.1, -0.05) is 25.1 Å². The summed E-state index contributed by atoms with van der Waals surface area (Å²) in [7, 11) is 0. The van der Waals surface area contributed by atoms with Crippen LogP contribution in [0.5, 0.6) is 0 Å². The normalized spacial score (nSPS) is 9.65. The Labute approximate surface area is 101 Å². The van der Waals surface area contributed by atoms with Gasteiger partial charge in [0.2, 0.25) is 0 Å². The smallest absolute Gasteiger partial charge is 0.140 e. The highest BCUT2D eigenvalue weighted by atomic mass is 14.9. The fourth-order valence-electron chi connectivity index (χ4n) is 1.64. The lowest BCUT2D eigenvalue weighted by molar-refractivity contribution is 1.14. The molecule has 1 aromatic heterocycles. The number of nitriles is 1. The number of anilines is 2. The van der Waals surface area contributed by atoms with Crippen LogP contribution < -0.4 is 5.32 Å². The number of benzene rings is 1. The maximum Gasteiger partial charge on any atom is 0.140 e. The fourth-order valence-corrected chi connectivity index (χ4v) is 1.64. The molecule has 0 aliphatic carbocycles. The molecule has 0 amide bonds. The van der Waals surface area contributed by atoms with Crippen molar-refractivity contribution in [3.8, 4) is 6.07 Å². The van der Waals surface area contributed by atoms with E-state index in [0.29, 0.717) is 5.69 Å². The van der Waals surface area contributed by atoms with E-state index in [0.717, 1.165) is 17.8 Å². The summed E-state index contributed by atoms with van der Waals surface area (Å²) in [5.74, 6) is 0. The van der Waals surface area contributed by atoms with Crippen LogP contribution in [0.15, 0.2) is 42.6 Å². The van der Waals surface area contributed by atoms with Crippen molar-refractivity contribution in [1.82, 2.24) is 4.98 Å². The Bertz CT molecular complexity index is 538. The van der Waals surface area contributed by atoms with Crippen molar-refractivity contribution < 1.29 is 0 Å². The monoisotopic (exact) mass is 223 g/mol. The topological polar surface area (TPSA) is 48.7 Å². The lowest BCUT2D eigenvalue weighted by Gasteiger charge is -2.10. The molecule has 0 bridgehead atoms. The number of para-hydroxylation sites is 1. The molecule has 1 heterocycles. The molecule has 0 aliphatic heterocycles. The average molecular weight is 223 g/mol. The molecule has 84 valence electrons. The Morgan fingerprint density at radius 2 is 2.06 bits per heavy atom. The van der Waals surface area contributed by atoms with Gasteiger partial charge in [0.15, 0.2) is 0 Å². The third kappa shape index (κ3) is 2.61. The first-order valence-corrected chi connectivity index (χ1v) is 5.54. The van der Waals surface area contributed by atoms with E-state index in [1.54, 1.807) is 12.3 Å². The maximum atomic E-state index is 8.67. The minimum Gasteiger partial charge on any atom is -0.354 e. The second kappa shape index (κ2) is 5.13. The molecule has 0 fully saturated rings. The van der Waals surface area contributed by atoms with Crippen LogP contribution in [0.1, 0.15) is 18.2 Å². The van der Waals surface area contributed by atoms with Gasteiger partial charge >= 0.3 is 0 Å². The van der Waals surface area contributed by atoms with Crippen LogP contribution in [0, 0.1) is 11.3 Å². The van der Waals surface area contributed by atoms with E-state index in [4.69, 9.17) is 5.26 Å². The minimum absolute atomic E-state index is 0.430. The second-order valence-electron chi connectivity index (χ2n) is 3.68. The van der Waals surface area contributed by atoms with Crippen LogP contribution in [-0.2, 0) is 6.42 Å². The standard InChI is InChI=1S/C14H13N3/c1-2-11-5-3-4-6-14(11)17-13-8-7-12(9-15)16-10-13/h3-8,10,17H,2H2,1H3. The number of hydrogen-bond donors (Lipinski definition) is 1. The summed E-state index contributed by atoms with van der Waals surface area (Å²) in [6.07, 6.45) is 2.65. The van der Waals surface area contributed by atoms with E-state index < -0.39 is 0 Å². The van der Waals surface area contributed by atoms with Crippen LogP contribution in [0.4, 0.5) is 11.4 Å². The van der Waals surface area contributed by atoms with Crippen molar-refractivity contribution in [2.24, 2.45) is 0 Å². The molecule has 0 radical (unpaired) electrons. The van der Waals surface area contributed by atoms with Gasteiger partial charge in [-0.2, -0.15) is 5.26 Å². The molecular weight excluding hydrogens is 210 g/mol. The molecule has 0 saturated carbocycles. The molecule has 2 aromatic rings. The third-order valence-corrected chi connectivity index (χ3v) is 2.56. The number of nitrogens with one attached hydrogen (secondary N) is 1. The molecule has 0 atom stereocenters. The third-order valence-electron chi connectivity index (χ3n) is 2.56. The predicted octanol–water partition coefficient (Wildman–Crippen LogP) is 3.26. The van der Waals surface area contributed by atoms with Crippen LogP contribution >= 0.6 is 0 Å². The van der Waals surface area contributed by atoms with Gasteiger partial charge in [-0.25, -0.2) is 4.98 Å². The van der Waals surface area contributed by atoms with Crippen molar-refractivity contribution in [2.75, 3.05) is 5.32 Å². The van der Waals surface area contributed by atoms with E-state index >= 15 is 0 Å². The summed E-state index contributed by atoms with van der Waals surface area (Å²) >= 11 is 0. The Morgan fingerprint density at radius 3 is 2.71 bits per heavy atom. The van der Waals surface area contributed by atoms with Crippen LogP contribution in [-0.4, -0.2) is 4.98 Å². The van der Waals surface area contributed by atoms with Crippen molar-refractivity contribution in [1.29, 1.82) is 5.26 Å². The van der Waals surface area contributed by atoms with Gasteiger partial charge in [0.05, 0.1) is 11.9 Å². The Balaban J connectivity index is 2.22. The largest absolute Gasteiger partial charge is 0.354 e. The first-order valence-electron chi connectivity index (χ1n) is 5.54. The molecular formula is C14H13N3. The first-order chi connectivity index (χ1) is 8.33. The summed E-state index contributed by atoms with van der Waals surface area (Å²) in [4.78, 5) is 4.03. The maximum absolute atomic E-state index is 8.67. The molecule has 0 unspecified atom stereocenters. The summed E-state index contributed by atoms with van der Waals surface area (Å²) in [6.45, 7) is 2.12. The Morgan fingerprint density at radius 1 is 1.24 bits per heavy atom. The van der Waals surface area contributed by atoms with E-state index in [-0.39, 0.29) is 0 Å². The Kier molecular flexibility index (Phi) is 3.37. The number of nitrogens with zero attached hydrogens (tertiary/aromatic N) is 2.